The molecule has 0 unspecified atom stereocenters. The van der Waals surface area contributed by atoms with E-state index in [-0.39, 0.29) is 23.9 Å². The number of carbonyl (C=O) groups is 3. The molecule has 4 aromatic rings. The Morgan fingerprint density at radius 1 is 0.632 bits per heavy atom. The van der Waals surface area contributed by atoms with Crippen molar-refractivity contribution in [3.63, 3.8) is 0 Å². The number of hydrogen-bond donors (Lipinski definition) is 0. The largest absolute Gasteiger partial charge is 0.481 e. The fraction of sp³-hybridized carbons (Fsp3) is 0.357. The summed E-state index contributed by atoms with van der Waals surface area (Å²) in [6.45, 7) is 11.8. The fourth-order valence-electron chi connectivity index (χ4n) is 5.27. The lowest BCUT2D eigenvalue weighted by atomic mass is 10.00. The Bertz CT molecular complexity index is 2320. The topological polar surface area (TPSA) is 156 Å². The van der Waals surface area contributed by atoms with Crippen LogP contribution < -0.4 is 9.47 Å². The van der Waals surface area contributed by atoms with Gasteiger partial charge in [-0.1, -0.05) is 31.5 Å². The predicted molar refractivity (Wildman–Crippen MR) is 212 cm³/mol. The van der Waals surface area contributed by atoms with E-state index in [9.17, 15) is 40.0 Å². The first-order valence-electron chi connectivity index (χ1n) is 17.7. The van der Waals surface area contributed by atoms with Crippen LogP contribution in [0, 0.1) is 11.6 Å². The van der Waals surface area contributed by atoms with Crippen molar-refractivity contribution >= 4 is 37.9 Å². The van der Waals surface area contributed by atoms with Gasteiger partial charge in [0.2, 0.25) is 0 Å². The van der Waals surface area contributed by atoms with Gasteiger partial charge in [-0.25, -0.2) is 35.2 Å². The van der Waals surface area contributed by atoms with Crippen molar-refractivity contribution in [2.24, 2.45) is 0 Å². The van der Waals surface area contributed by atoms with Crippen molar-refractivity contribution in [2.45, 2.75) is 82.3 Å². The molecule has 4 rings (SSSR count). The van der Waals surface area contributed by atoms with Crippen molar-refractivity contribution in [2.75, 3.05) is 25.7 Å². The minimum absolute atomic E-state index is 0.225. The lowest BCUT2D eigenvalue weighted by Gasteiger charge is -2.20. The number of rotatable bonds is 13. The molecule has 0 saturated heterocycles. The fourth-order valence-corrected chi connectivity index (χ4v) is 6.80. The molecule has 4 aromatic carbocycles. The maximum Gasteiger partial charge on any atom is 0.344 e. The molecule has 0 amide bonds. The van der Waals surface area contributed by atoms with Crippen LogP contribution >= 0.6 is 0 Å². The van der Waals surface area contributed by atoms with Crippen LogP contribution in [0.25, 0.3) is 22.3 Å². The van der Waals surface area contributed by atoms with Crippen molar-refractivity contribution < 1.29 is 58.9 Å². The minimum Gasteiger partial charge on any atom is -0.481 e. The standard InChI is InChI=1S/C22H27FO5S.C20H21FO6S/c1-6-7-15-8-11-19(27-14-21(24)28-22(2,3)4)17(12-15)16-9-10-18(23)20(13-16)29(5,25)26;1-20(2,3)27-19(23)12-26-17-8-5-13(11-22)9-15(17)14-6-7-16(21)18(10-14)28(4,24)25/h8-13H,6-7,14H2,1-5H3;5-11H,12H2,1-4H3. The Labute approximate surface area is 333 Å². The smallest absolute Gasteiger partial charge is 0.344 e. The number of aryl methyl sites for hydroxylation is 1. The molecule has 0 N–H and O–H groups in total. The van der Waals surface area contributed by atoms with Gasteiger partial charge in [0, 0.05) is 29.2 Å². The van der Waals surface area contributed by atoms with Crippen LogP contribution in [0.1, 0.15) is 70.8 Å². The van der Waals surface area contributed by atoms with Gasteiger partial charge in [-0.05, 0) is 119 Å². The van der Waals surface area contributed by atoms with E-state index in [1.54, 1.807) is 47.6 Å². The van der Waals surface area contributed by atoms with Gasteiger partial charge >= 0.3 is 11.9 Å². The van der Waals surface area contributed by atoms with Gasteiger partial charge in [0.25, 0.3) is 0 Å². The van der Waals surface area contributed by atoms with Crippen molar-refractivity contribution in [1.29, 1.82) is 0 Å². The van der Waals surface area contributed by atoms with Gasteiger partial charge in [-0.3, -0.25) is 4.79 Å². The van der Waals surface area contributed by atoms with Crippen LogP contribution in [-0.2, 0) is 45.2 Å². The molecule has 0 atom stereocenters. The quantitative estimate of drug-likeness (QED) is 0.0951. The summed E-state index contributed by atoms with van der Waals surface area (Å²) in [7, 11) is -7.53. The Kier molecular flexibility index (Phi) is 15.3. The second-order valence-corrected chi connectivity index (χ2v) is 19.0. The van der Waals surface area contributed by atoms with Crippen LogP contribution in [0.2, 0.25) is 0 Å². The van der Waals surface area contributed by atoms with Crippen LogP contribution in [0.3, 0.4) is 0 Å². The third-order valence-electron chi connectivity index (χ3n) is 7.54. The highest BCUT2D eigenvalue weighted by Crippen LogP contribution is 2.35. The third kappa shape index (κ3) is 14.4. The van der Waals surface area contributed by atoms with E-state index in [2.05, 4.69) is 0 Å². The monoisotopic (exact) mass is 830 g/mol. The Hall–Kier alpha value is -5.15. The highest BCUT2D eigenvalue weighted by Gasteiger charge is 2.22. The van der Waals surface area contributed by atoms with E-state index in [4.69, 9.17) is 18.9 Å². The van der Waals surface area contributed by atoms with E-state index in [0.717, 1.165) is 49.1 Å². The molecule has 0 heterocycles. The van der Waals surface area contributed by atoms with E-state index < -0.39 is 59.3 Å². The molecule has 0 radical (unpaired) electrons. The number of benzene rings is 4. The highest BCUT2D eigenvalue weighted by atomic mass is 32.2. The van der Waals surface area contributed by atoms with Crippen molar-refractivity contribution in [1.82, 2.24) is 0 Å². The zero-order chi connectivity index (χ0) is 42.9. The summed E-state index contributed by atoms with van der Waals surface area (Å²) < 4.78 is 97.0. The van der Waals surface area contributed by atoms with Gasteiger partial charge in [0.15, 0.2) is 32.9 Å². The summed E-state index contributed by atoms with van der Waals surface area (Å²) in [6, 6.07) is 17.4. The van der Waals surface area contributed by atoms with Gasteiger partial charge in [0.05, 0.1) is 0 Å². The third-order valence-corrected chi connectivity index (χ3v) is 9.76. The molecule has 0 aromatic heterocycles. The highest BCUT2D eigenvalue weighted by molar-refractivity contribution is 7.91. The summed E-state index contributed by atoms with van der Waals surface area (Å²) in [6.07, 6.45) is 4.22. The zero-order valence-electron chi connectivity index (χ0n) is 33.4. The minimum atomic E-state index is -3.80. The number of sulfone groups is 2. The normalized spacial score (nSPS) is 11.8. The molecule has 0 aliphatic heterocycles. The average molecular weight is 831 g/mol. The molecule has 0 spiro atoms. The number of esters is 2. The maximum atomic E-state index is 14.0. The maximum absolute atomic E-state index is 14.0. The van der Waals surface area contributed by atoms with Gasteiger partial charge in [-0.2, -0.15) is 0 Å². The molecule has 0 aliphatic rings. The molecular weight excluding hydrogens is 783 g/mol. The second-order valence-electron chi connectivity index (χ2n) is 15.0. The van der Waals surface area contributed by atoms with E-state index in [1.165, 1.54) is 36.4 Å². The first-order chi connectivity index (χ1) is 26.3. The van der Waals surface area contributed by atoms with E-state index >= 15 is 0 Å². The summed E-state index contributed by atoms with van der Waals surface area (Å²) in [5.74, 6) is -2.18. The Balaban J connectivity index is 0.000000306. The average Bonchev–Trinajstić information content (AvgIpc) is 3.08. The molecule has 0 saturated carbocycles. The van der Waals surface area contributed by atoms with Gasteiger partial charge in [0.1, 0.15) is 50.4 Å². The SMILES string of the molecule is CC(C)(C)OC(=O)COc1ccc(C=O)cc1-c1ccc(F)c(S(C)(=O)=O)c1.CCCc1ccc(OCC(=O)OC(C)(C)C)c(-c2ccc(F)c(S(C)(=O)=O)c2)c1. The number of carbonyl (C=O) groups excluding carboxylic acids is 3. The number of ether oxygens (including phenoxy) is 4. The number of halogens is 2. The first kappa shape index (κ1) is 46.2. The second kappa shape index (κ2) is 18.9. The van der Waals surface area contributed by atoms with E-state index in [0.29, 0.717) is 39.9 Å². The molecule has 15 heteroatoms. The molecule has 11 nitrogen and oxygen atoms in total. The summed E-state index contributed by atoms with van der Waals surface area (Å²) in [4.78, 5) is 34.2. The van der Waals surface area contributed by atoms with Crippen molar-refractivity contribution in [3.05, 3.63) is 95.6 Å². The molecule has 308 valence electrons. The molecule has 57 heavy (non-hydrogen) atoms. The Morgan fingerprint density at radius 2 is 1.05 bits per heavy atom. The van der Waals surface area contributed by atoms with E-state index in [1.807, 2.05) is 19.1 Å². The molecular formula is C42H48F2O11S2. The molecule has 0 bridgehead atoms. The summed E-state index contributed by atoms with van der Waals surface area (Å²) in [5, 5.41) is 0. The number of hydrogen-bond acceptors (Lipinski definition) is 11. The Morgan fingerprint density at radius 3 is 1.44 bits per heavy atom. The van der Waals surface area contributed by atoms with Crippen molar-refractivity contribution in [3.8, 4) is 33.8 Å². The van der Waals surface area contributed by atoms with Crippen LogP contribution in [0.4, 0.5) is 8.78 Å². The van der Waals surface area contributed by atoms with Crippen LogP contribution in [0.15, 0.2) is 82.6 Å². The molecule has 0 fully saturated rings. The number of aldehydes is 1. The molecule has 0 aliphatic carbocycles. The summed E-state index contributed by atoms with van der Waals surface area (Å²) >= 11 is 0. The summed E-state index contributed by atoms with van der Waals surface area (Å²) in [5.41, 5.74) is 1.78. The van der Waals surface area contributed by atoms with Gasteiger partial charge < -0.3 is 18.9 Å². The van der Waals surface area contributed by atoms with Gasteiger partial charge in [-0.15, -0.1) is 0 Å². The van der Waals surface area contributed by atoms with Crippen LogP contribution in [0.5, 0.6) is 11.5 Å². The lowest BCUT2D eigenvalue weighted by Crippen LogP contribution is -2.27. The lowest BCUT2D eigenvalue weighted by molar-refractivity contribution is -0.158. The zero-order valence-corrected chi connectivity index (χ0v) is 35.0. The predicted octanol–water partition coefficient (Wildman–Crippen LogP) is 8.00. The van der Waals surface area contributed by atoms with Crippen LogP contribution in [-0.4, -0.2) is 72.0 Å². The first-order valence-corrected chi connectivity index (χ1v) is 21.5.